The van der Waals surface area contributed by atoms with Gasteiger partial charge in [0, 0.05) is 43.9 Å². The Morgan fingerprint density at radius 2 is 2.10 bits per heavy atom. The Hall–Kier alpha value is -3.14. The van der Waals surface area contributed by atoms with Crippen molar-refractivity contribution in [2.24, 2.45) is 5.41 Å². The largest absolute Gasteiger partial charge is 0.480 e. The van der Waals surface area contributed by atoms with E-state index in [4.69, 9.17) is 4.74 Å². The molecule has 0 bridgehead atoms. The van der Waals surface area contributed by atoms with Gasteiger partial charge in [-0.25, -0.2) is 4.98 Å². The van der Waals surface area contributed by atoms with Crippen LogP contribution in [0.2, 0.25) is 0 Å². The van der Waals surface area contributed by atoms with Gasteiger partial charge in [0.2, 0.25) is 11.8 Å². The summed E-state index contributed by atoms with van der Waals surface area (Å²) in [6.45, 7) is 2.98. The summed E-state index contributed by atoms with van der Waals surface area (Å²) in [6, 6.07) is 9.94. The van der Waals surface area contributed by atoms with Crippen LogP contribution in [0.1, 0.15) is 36.9 Å². The summed E-state index contributed by atoms with van der Waals surface area (Å²) in [4.78, 5) is 25.3. The van der Waals surface area contributed by atoms with Gasteiger partial charge in [-0.15, -0.1) is 0 Å². The molecule has 1 atom stereocenters. The van der Waals surface area contributed by atoms with E-state index >= 15 is 0 Å². The van der Waals surface area contributed by atoms with Gasteiger partial charge in [-0.1, -0.05) is 6.07 Å². The van der Waals surface area contributed by atoms with Crippen LogP contribution in [0, 0.1) is 16.7 Å². The van der Waals surface area contributed by atoms with Crippen LogP contribution in [0.4, 0.5) is 5.69 Å². The van der Waals surface area contributed by atoms with Crippen LogP contribution in [-0.2, 0) is 11.3 Å². The molecule has 2 aliphatic heterocycles. The SMILES string of the molecule is COc1nccc(N2CCCC3(CCC(=O)N(Cc4ccccn4)C3)C2)c1C#N. The molecule has 1 amide bonds. The van der Waals surface area contributed by atoms with Crippen molar-refractivity contribution in [3.63, 3.8) is 0 Å². The van der Waals surface area contributed by atoms with E-state index in [1.54, 1.807) is 12.4 Å². The smallest absolute Gasteiger partial charge is 0.233 e. The van der Waals surface area contributed by atoms with Crippen molar-refractivity contribution in [1.29, 1.82) is 5.26 Å². The number of methoxy groups -OCH3 is 1. The highest BCUT2D eigenvalue weighted by atomic mass is 16.5. The fraction of sp³-hybridized carbons (Fsp3) is 0.455. The number of amides is 1. The number of nitrogens with zero attached hydrogens (tertiary/aromatic N) is 5. The molecular formula is C22H25N5O2. The number of hydrogen-bond acceptors (Lipinski definition) is 6. The van der Waals surface area contributed by atoms with Crippen molar-refractivity contribution in [3.05, 3.63) is 47.9 Å². The van der Waals surface area contributed by atoms with E-state index in [1.165, 1.54) is 7.11 Å². The molecule has 2 saturated heterocycles. The number of piperidine rings is 2. The Bertz CT molecular complexity index is 927. The maximum atomic E-state index is 12.6. The summed E-state index contributed by atoms with van der Waals surface area (Å²) in [7, 11) is 1.53. The minimum Gasteiger partial charge on any atom is -0.480 e. The quantitative estimate of drug-likeness (QED) is 0.797. The summed E-state index contributed by atoms with van der Waals surface area (Å²) in [5.41, 5.74) is 2.29. The molecule has 2 aliphatic rings. The number of likely N-dealkylation sites (tertiary alicyclic amines) is 1. The van der Waals surface area contributed by atoms with Gasteiger partial charge in [-0.05, 0) is 37.5 Å². The molecule has 7 heteroatoms. The number of ether oxygens (including phenoxy) is 1. The fourth-order valence-electron chi connectivity index (χ4n) is 4.64. The van der Waals surface area contributed by atoms with E-state index in [0.717, 1.165) is 50.3 Å². The van der Waals surface area contributed by atoms with Gasteiger partial charge < -0.3 is 14.5 Å². The van der Waals surface area contributed by atoms with Crippen molar-refractivity contribution in [1.82, 2.24) is 14.9 Å². The summed E-state index contributed by atoms with van der Waals surface area (Å²) >= 11 is 0. The van der Waals surface area contributed by atoms with Crippen LogP contribution in [0.5, 0.6) is 5.88 Å². The Morgan fingerprint density at radius 1 is 1.21 bits per heavy atom. The maximum Gasteiger partial charge on any atom is 0.233 e. The monoisotopic (exact) mass is 391 g/mol. The molecule has 0 N–H and O–H groups in total. The molecule has 150 valence electrons. The Morgan fingerprint density at radius 3 is 2.86 bits per heavy atom. The highest BCUT2D eigenvalue weighted by Crippen LogP contribution is 2.41. The topological polar surface area (TPSA) is 82.3 Å². The minimum absolute atomic E-state index is 0.0319. The predicted molar refractivity (Wildman–Crippen MR) is 108 cm³/mol. The summed E-state index contributed by atoms with van der Waals surface area (Å²) in [6.07, 6.45) is 7.01. The first-order valence-corrected chi connectivity index (χ1v) is 10.00. The molecule has 7 nitrogen and oxygen atoms in total. The number of anilines is 1. The van der Waals surface area contributed by atoms with Crippen molar-refractivity contribution < 1.29 is 9.53 Å². The van der Waals surface area contributed by atoms with E-state index in [1.807, 2.05) is 29.2 Å². The van der Waals surface area contributed by atoms with Crippen LogP contribution in [-0.4, -0.2) is 47.5 Å². The van der Waals surface area contributed by atoms with Crippen molar-refractivity contribution in [2.75, 3.05) is 31.6 Å². The molecule has 1 spiro atoms. The third-order valence-corrected chi connectivity index (χ3v) is 6.03. The second kappa shape index (κ2) is 8.08. The number of carbonyl (C=O) groups is 1. The zero-order valence-corrected chi connectivity index (χ0v) is 16.7. The van der Waals surface area contributed by atoms with Gasteiger partial charge in [0.25, 0.3) is 0 Å². The van der Waals surface area contributed by atoms with Gasteiger partial charge in [-0.3, -0.25) is 9.78 Å². The second-order valence-electron chi connectivity index (χ2n) is 7.92. The predicted octanol–water partition coefficient (Wildman–Crippen LogP) is 2.77. The van der Waals surface area contributed by atoms with E-state index in [9.17, 15) is 10.1 Å². The minimum atomic E-state index is 0.0319. The van der Waals surface area contributed by atoms with Gasteiger partial charge >= 0.3 is 0 Å². The Kier molecular flexibility index (Phi) is 5.34. The highest BCUT2D eigenvalue weighted by molar-refractivity contribution is 5.77. The number of hydrogen-bond donors (Lipinski definition) is 0. The zero-order valence-electron chi connectivity index (χ0n) is 16.7. The van der Waals surface area contributed by atoms with Crippen LogP contribution in [0.25, 0.3) is 0 Å². The number of rotatable bonds is 4. The Balaban J connectivity index is 1.56. The molecule has 2 aromatic heterocycles. The van der Waals surface area contributed by atoms with E-state index < -0.39 is 0 Å². The average Bonchev–Trinajstić information content (AvgIpc) is 2.76. The van der Waals surface area contributed by atoms with Gasteiger partial charge in [0.1, 0.15) is 11.6 Å². The highest BCUT2D eigenvalue weighted by Gasteiger charge is 2.42. The molecule has 0 aromatic carbocycles. The lowest BCUT2D eigenvalue weighted by atomic mass is 9.73. The lowest BCUT2D eigenvalue weighted by molar-refractivity contribution is -0.138. The van der Waals surface area contributed by atoms with E-state index in [2.05, 4.69) is 20.9 Å². The zero-order chi connectivity index (χ0) is 20.3. The second-order valence-corrected chi connectivity index (χ2v) is 7.92. The molecule has 2 aromatic rings. The van der Waals surface area contributed by atoms with Crippen LogP contribution in [0.3, 0.4) is 0 Å². The molecule has 4 rings (SSSR count). The number of carbonyl (C=O) groups excluding carboxylic acids is 1. The first-order valence-electron chi connectivity index (χ1n) is 10.00. The van der Waals surface area contributed by atoms with Gasteiger partial charge in [-0.2, -0.15) is 5.26 Å². The van der Waals surface area contributed by atoms with E-state index in [-0.39, 0.29) is 11.3 Å². The first kappa shape index (κ1) is 19.2. The molecule has 0 saturated carbocycles. The van der Waals surface area contributed by atoms with Gasteiger partial charge in [0.15, 0.2) is 0 Å². The fourth-order valence-corrected chi connectivity index (χ4v) is 4.64. The standard InChI is InChI=1S/C22H25N5O2/c1-29-21-18(13-23)19(7-11-25-21)26-12-4-8-22(15-26)9-6-20(28)27(16-22)14-17-5-2-3-10-24-17/h2-3,5,7,10-11H,4,6,8-9,12,14-16H2,1H3. The van der Waals surface area contributed by atoms with Crippen LogP contribution >= 0.6 is 0 Å². The lowest BCUT2D eigenvalue weighted by Gasteiger charge is -2.49. The maximum absolute atomic E-state index is 12.6. The van der Waals surface area contributed by atoms with Crippen molar-refractivity contribution in [3.8, 4) is 11.9 Å². The first-order chi connectivity index (χ1) is 14.1. The Labute approximate surface area is 170 Å². The molecular weight excluding hydrogens is 366 g/mol. The number of nitriles is 1. The molecule has 2 fully saturated rings. The molecule has 0 aliphatic carbocycles. The normalized spacial score (nSPS) is 21.9. The number of aromatic nitrogens is 2. The third kappa shape index (κ3) is 3.88. The summed E-state index contributed by atoms with van der Waals surface area (Å²) in [5, 5.41) is 9.65. The molecule has 1 unspecified atom stereocenters. The average molecular weight is 391 g/mol. The van der Waals surface area contributed by atoms with Gasteiger partial charge in [0.05, 0.1) is 25.0 Å². The summed E-state index contributed by atoms with van der Waals surface area (Å²) in [5.74, 6) is 0.557. The molecule has 4 heterocycles. The summed E-state index contributed by atoms with van der Waals surface area (Å²) < 4.78 is 5.28. The third-order valence-electron chi connectivity index (χ3n) is 6.03. The molecule has 29 heavy (non-hydrogen) atoms. The van der Waals surface area contributed by atoms with Crippen LogP contribution in [0.15, 0.2) is 36.7 Å². The molecule has 0 radical (unpaired) electrons. The van der Waals surface area contributed by atoms with Crippen molar-refractivity contribution >= 4 is 11.6 Å². The van der Waals surface area contributed by atoms with Crippen molar-refractivity contribution in [2.45, 2.75) is 32.2 Å². The number of pyridine rings is 2. The van der Waals surface area contributed by atoms with Crippen LogP contribution < -0.4 is 9.64 Å². The lowest BCUT2D eigenvalue weighted by Crippen LogP contribution is -2.54. The van der Waals surface area contributed by atoms with E-state index in [0.29, 0.717) is 24.4 Å².